The average Bonchev–Trinajstić information content (AvgIpc) is 3.40. The van der Waals surface area contributed by atoms with Crippen molar-refractivity contribution in [2.45, 2.75) is 38.6 Å². The summed E-state index contributed by atoms with van der Waals surface area (Å²) in [6.45, 7) is 0.416. The molecule has 0 aliphatic carbocycles. The summed E-state index contributed by atoms with van der Waals surface area (Å²) in [5.41, 5.74) is 12.1. The van der Waals surface area contributed by atoms with Gasteiger partial charge in [0.15, 0.2) is 0 Å². The summed E-state index contributed by atoms with van der Waals surface area (Å²) in [6, 6.07) is 34.6. The Morgan fingerprint density at radius 2 is 1.60 bits per heavy atom. The number of aryl methyl sites for hydroxylation is 4. The first-order valence-corrected chi connectivity index (χ1v) is 15.7. The molecule has 6 aromatic rings. The van der Waals surface area contributed by atoms with E-state index in [0.29, 0.717) is 31.4 Å². The van der Waals surface area contributed by atoms with Gasteiger partial charge >= 0.3 is 0 Å². The summed E-state index contributed by atoms with van der Waals surface area (Å²) in [7, 11) is 2.01. The molecule has 0 fully saturated rings. The van der Waals surface area contributed by atoms with E-state index in [2.05, 4.69) is 28.8 Å². The molecular formula is C38H36N6O3. The number of non-ortho nitro benzene ring substituents is 1. The molecule has 0 unspecified atom stereocenters. The van der Waals surface area contributed by atoms with E-state index in [9.17, 15) is 14.9 Å². The van der Waals surface area contributed by atoms with Crippen LogP contribution in [0.4, 0.5) is 11.4 Å². The molecule has 0 radical (unpaired) electrons. The van der Waals surface area contributed by atoms with Crippen LogP contribution < -0.4 is 10.6 Å². The number of hydrogen-bond acceptors (Lipinski definition) is 5. The molecule has 0 saturated heterocycles. The molecule has 47 heavy (non-hydrogen) atoms. The van der Waals surface area contributed by atoms with Crippen LogP contribution in [0.25, 0.3) is 21.8 Å². The minimum absolute atomic E-state index is 0.00404. The molecule has 0 aliphatic heterocycles. The van der Waals surface area contributed by atoms with Crippen LogP contribution in [-0.4, -0.2) is 26.2 Å². The molecule has 5 aromatic carbocycles. The molecule has 0 saturated carbocycles. The Morgan fingerprint density at radius 1 is 0.894 bits per heavy atom. The van der Waals surface area contributed by atoms with Gasteiger partial charge in [0.2, 0.25) is 5.91 Å². The molecule has 0 aliphatic rings. The quantitative estimate of drug-likeness (QED) is 0.0640. The van der Waals surface area contributed by atoms with Gasteiger partial charge in [-0.15, -0.1) is 0 Å². The number of carbonyl (C=O) groups excluding carboxylic acids is 1. The Balaban J connectivity index is 1.24. The van der Waals surface area contributed by atoms with Crippen LogP contribution in [0.15, 0.2) is 109 Å². The van der Waals surface area contributed by atoms with Crippen molar-refractivity contribution in [2.24, 2.45) is 12.8 Å². The van der Waals surface area contributed by atoms with Crippen molar-refractivity contribution in [1.29, 1.82) is 5.41 Å². The number of carbonyl (C=O) groups is 1. The maximum Gasteiger partial charge on any atom is 0.269 e. The highest BCUT2D eigenvalue weighted by atomic mass is 16.6. The number of nitrogens with zero attached hydrogens (tertiary/aromatic N) is 4. The first-order valence-electron chi connectivity index (χ1n) is 15.7. The molecule has 0 atom stereocenters. The standard InChI is InChI=1S/C38H36N6O3/c1-42-35-22-21-32(24-34(35)41-36(42)23-16-27-12-17-29(18-13-27)38(39)40)43(25-30-9-5-8-28-7-2-3-10-33(28)30)37(45)11-4-6-26-14-19-31(20-15-26)44(46)47/h2-3,5,7-10,12-15,17-22,24H,4,6,11,16,23,25H2,1H3,(H3,39,40). The van der Waals surface area contributed by atoms with Crippen LogP contribution in [0.3, 0.4) is 0 Å². The second-order valence-electron chi connectivity index (χ2n) is 11.8. The third-order valence-electron chi connectivity index (χ3n) is 8.68. The molecule has 236 valence electrons. The van der Waals surface area contributed by atoms with Gasteiger partial charge in [0.1, 0.15) is 11.7 Å². The number of hydrogen-bond donors (Lipinski definition) is 2. The minimum Gasteiger partial charge on any atom is -0.384 e. The predicted octanol–water partition coefficient (Wildman–Crippen LogP) is 7.26. The number of nitrogens with two attached hydrogens (primary N) is 1. The zero-order chi connectivity index (χ0) is 32.9. The van der Waals surface area contributed by atoms with E-state index in [4.69, 9.17) is 16.1 Å². The Morgan fingerprint density at radius 3 is 2.34 bits per heavy atom. The summed E-state index contributed by atoms with van der Waals surface area (Å²) in [6.07, 6.45) is 3.12. The summed E-state index contributed by atoms with van der Waals surface area (Å²) < 4.78 is 2.10. The SMILES string of the molecule is Cn1c(CCc2ccc(C(=N)N)cc2)nc2cc(N(Cc3cccc4ccccc34)C(=O)CCCc3ccc([N+](=O)[O-])cc3)ccc21. The van der Waals surface area contributed by atoms with Crippen molar-refractivity contribution < 1.29 is 9.72 Å². The molecule has 1 amide bonds. The van der Waals surface area contributed by atoms with Crippen molar-refractivity contribution in [3.05, 3.63) is 147 Å². The summed E-state index contributed by atoms with van der Waals surface area (Å²) in [5.74, 6) is 1.01. The number of nitrogens with one attached hydrogen (secondary N) is 1. The molecule has 0 bridgehead atoms. The van der Waals surface area contributed by atoms with E-state index in [1.807, 2.05) is 72.6 Å². The van der Waals surface area contributed by atoms with E-state index in [1.165, 1.54) is 12.1 Å². The summed E-state index contributed by atoms with van der Waals surface area (Å²) >= 11 is 0. The highest BCUT2D eigenvalue weighted by Crippen LogP contribution is 2.28. The van der Waals surface area contributed by atoms with Crippen LogP contribution >= 0.6 is 0 Å². The number of anilines is 1. The lowest BCUT2D eigenvalue weighted by Gasteiger charge is -2.24. The maximum atomic E-state index is 13.9. The number of amidine groups is 1. The van der Waals surface area contributed by atoms with Crippen LogP contribution in [0.2, 0.25) is 0 Å². The normalized spacial score (nSPS) is 11.2. The van der Waals surface area contributed by atoms with Gasteiger partial charge in [0, 0.05) is 43.3 Å². The average molecular weight is 625 g/mol. The van der Waals surface area contributed by atoms with Gasteiger partial charge in [0.25, 0.3) is 5.69 Å². The number of amides is 1. The van der Waals surface area contributed by atoms with Crippen molar-refractivity contribution >= 4 is 44.9 Å². The van der Waals surface area contributed by atoms with E-state index < -0.39 is 4.92 Å². The lowest BCUT2D eigenvalue weighted by atomic mass is 10.0. The number of nitro benzene ring substituents is 1. The molecule has 1 heterocycles. The monoisotopic (exact) mass is 624 g/mol. The third kappa shape index (κ3) is 7.04. The number of imidazole rings is 1. The second-order valence-corrected chi connectivity index (χ2v) is 11.8. The van der Waals surface area contributed by atoms with Crippen LogP contribution in [0, 0.1) is 15.5 Å². The van der Waals surface area contributed by atoms with Gasteiger partial charge in [-0.1, -0.05) is 78.9 Å². The van der Waals surface area contributed by atoms with E-state index in [1.54, 1.807) is 12.1 Å². The number of nitro groups is 1. The van der Waals surface area contributed by atoms with Crippen LogP contribution in [0.5, 0.6) is 0 Å². The van der Waals surface area contributed by atoms with Crippen molar-refractivity contribution in [3.8, 4) is 0 Å². The van der Waals surface area contributed by atoms with Gasteiger partial charge < -0.3 is 15.2 Å². The first-order chi connectivity index (χ1) is 22.8. The Labute approximate surface area is 272 Å². The van der Waals surface area contributed by atoms with Gasteiger partial charge in [-0.3, -0.25) is 20.3 Å². The largest absolute Gasteiger partial charge is 0.384 e. The van der Waals surface area contributed by atoms with Gasteiger partial charge in [-0.2, -0.15) is 0 Å². The van der Waals surface area contributed by atoms with E-state index >= 15 is 0 Å². The molecule has 6 rings (SSSR count). The Hall–Kier alpha value is -5.83. The number of fused-ring (bicyclic) bond motifs is 2. The van der Waals surface area contributed by atoms with Crippen molar-refractivity contribution in [3.63, 3.8) is 0 Å². The van der Waals surface area contributed by atoms with Gasteiger partial charge in [-0.25, -0.2) is 4.98 Å². The molecule has 3 N–H and O–H groups in total. The molecule has 1 aromatic heterocycles. The third-order valence-corrected chi connectivity index (χ3v) is 8.68. The summed E-state index contributed by atoms with van der Waals surface area (Å²) in [5, 5.41) is 20.9. The highest BCUT2D eigenvalue weighted by Gasteiger charge is 2.19. The van der Waals surface area contributed by atoms with E-state index in [0.717, 1.165) is 62.8 Å². The lowest BCUT2D eigenvalue weighted by Crippen LogP contribution is -2.30. The zero-order valence-electron chi connectivity index (χ0n) is 26.2. The molecule has 0 spiro atoms. The molecule has 9 nitrogen and oxygen atoms in total. The smallest absolute Gasteiger partial charge is 0.269 e. The number of nitrogen functional groups attached to an aromatic ring is 1. The number of benzene rings is 5. The second kappa shape index (κ2) is 13.7. The predicted molar refractivity (Wildman–Crippen MR) is 187 cm³/mol. The number of aromatic nitrogens is 2. The first kappa shape index (κ1) is 31.2. The van der Waals surface area contributed by atoms with Crippen LogP contribution in [-0.2, 0) is 37.6 Å². The van der Waals surface area contributed by atoms with Crippen molar-refractivity contribution in [2.75, 3.05) is 4.90 Å². The molecular weight excluding hydrogens is 588 g/mol. The topological polar surface area (TPSA) is 131 Å². The summed E-state index contributed by atoms with van der Waals surface area (Å²) in [4.78, 5) is 31.4. The van der Waals surface area contributed by atoms with Crippen LogP contribution in [0.1, 0.15) is 40.9 Å². The van der Waals surface area contributed by atoms with Gasteiger partial charge in [-0.05, 0) is 64.9 Å². The molecule has 9 heteroatoms. The fraction of sp³-hybridized carbons (Fsp3) is 0.184. The van der Waals surface area contributed by atoms with Gasteiger partial charge in [0.05, 0.1) is 22.5 Å². The lowest BCUT2D eigenvalue weighted by molar-refractivity contribution is -0.384. The Bertz CT molecular complexity index is 2080. The fourth-order valence-corrected chi connectivity index (χ4v) is 6.02. The fourth-order valence-electron chi connectivity index (χ4n) is 6.02. The van der Waals surface area contributed by atoms with E-state index in [-0.39, 0.29) is 17.4 Å². The van der Waals surface area contributed by atoms with Crippen molar-refractivity contribution in [1.82, 2.24) is 9.55 Å². The maximum absolute atomic E-state index is 13.9. The number of rotatable bonds is 12. The Kier molecular flexibility index (Phi) is 9.06. The minimum atomic E-state index is -0.408. The zero-order valence-corrected chi connectivity index (χ0v) is 26.2. The highest BCUT2D eigenvalue weighted by molar-refractivity contribution is 5.97.